The Hall–Kier alpha value is -0.770. The van der Waals surface area contributed by atoms with Crippen LogP contribution in [0.2, 0.25) is 0 Å². The number of hydrogen-bond donors (Lipinski definition) is 2. The summed E-state index contributed by atoms with van der Waals surface area (Å²) in [6.07, 6.45) is 3.90. The van der Waals surface area contributed by atoms with Crippen LogP contribution in [0.15, 0.2) is 4.99 Å². The van der Waals surface area contributed by atoms with Gasteiger partial charge >= 0.3 is 0 Å². The summed E-state index contributed by atoms with van der Waals surface area (Å²) < 4.78 is 5.04. The van der Waals surface area contributed by atoms with Crippen LogP contribution in [-0.4, -0.2) is 32.3 Å². The van der Waals surface area contributed by atoms with E-state index in [1.54, 1.807) is 7.11 Å². The predicted molar refractivity (Wildman–Crippen MR) is 72.1 cm³/mol. The summed E-state index contributed by atoms with van der Waals surface area (Å²) in [6, 6.07) is 0.209. The van der Waals surface area contributed by atoms with Gasteiger partial charge in [-0.05, 0) is 31.1 Å². The molecular formula is C13H27N3O. The Kier molecular flexibility index (Phi) is 5.25. The minimum absolute atomic E-state index is 0.209. The van der Waals surface area contributed by atoms with Gasteiger partial charge in [-0.2, -0.15) is 0 Å². The summed E-state index contributed by atoms with van der Waals surface area (Å²) in [4.78, 5) is 4.45. The highest BCUT2D eigenvalue weighted by atomic mass is 16.5. The minimum atomic E-state index is 0.209. The van der Waals surface area contributed by atoms with Gasteiger partial charge in [0.15, 0.2) is 5.96 Å². The van der Waals surface area contributed by atoms with E-state index in [1.807, 2.05) is 6.92 Å². The summed E-state index contributed by atoms with van der Waals surface area (Å²) in [7, 11) is 1.69. The zero-order valence-corrected chi connectivity index (χ0v) is 11.6. The van der Waals surface area contributed by atoms with E-state index < -0.39 is 0 Å². The number of nitrogens with two attached hydrogens (primary N) is 1. The highest BCUT2D eigenvalue weighted by Crippen LogP contribution is 2.42. The number of aliphatic imine (C=N–C) groups is 1. The first-order valence-corrected chi connectivity index (χ1v) is 6.51. The number of nitrogens with one attached hydrogen (secondary N) is 1. The predicted octanol–water partition coefficient (Wildman–Crippen LogP) is 1.75. The van der Waals surface area contributed by atoms with Crippen LogP contribution in [0.5, 0.6) is 0 Å². The smallest absolute Gasteiger partial charge is 0.188 e. The monoisotopic (exact) mass is 241 g/mol. The average Bonchev–Trinajstić information content (AvgIpc) is 2.55. The lowest BCUT2D eigenvalue weighted by Gasteiger charge is -2.25. The maximum atomic E-state index is 5.85. The summed E-state index contributed by atoms with van der Waals surface area (Å²) in [5, 5.41) is 3.13. The molecule has 4 nitrogen and oxygen atoms in total. The molecule has 2 atom stereocenters. The number of methoxy groups -OCH3 is 1. The summed E-state index contributed by atoms with van der Waals surface area (Å²) in [5.41, 5.74) is 6.27. The van der Waals surface area contributed by atoms with E-state index in [-0.39, 0.29) is 6.04 Å². The van der Waals surface area contributed by atoms with E-state index in [4.69, 9.17) is 10.5 Å². The van der Waals surface area contributed by atoms with Crippen molar-refractivity contribution in [2.75, 3.05) is 20.3 Å². The van der Waals surface area contributed by atoms with E-state index in [0.29, 0.717) is 23.9 Å². The number of rotatable bonds is 5. The van der Waals surface area contributed by atoms with Crippen molar-refractivity contribution >= 4 is 5.96 Å². The molecule has 1 fully saturated rings. The summed E-state index contributed by atoms with van der Waals surface area (Å²) >= 11 is 0. The van der Waals surface area contributed by atoms with Crippen molar-refractivity contribution in [1.29, 1.82) is 0 Å². The first-order chi connectivity index (χ1) is 7.95. The average molecular weight is 241 g/mol. The van der Waals surface area contributed by atoms with Gasteiger partial charge in [0, 0.05) is 19.7 Å². The molecule has 0 aromatic heterocycles. The van der Waals surface area contributed by atoms with Gasteiger partial charge in [0.05, 0.1) is 6.61 Å². The van der Waals surface area contributed by atoms with Crippen LogP contribution in [0.1, 0.15) is 40.0 Å². The lowest BCUT2D eigenvalue weighted by atomic mass is 9.82. The SMILES string of the molecule is COCC(C)NC(N)=NCC1CCCC1(C)C. The van der Waals surface area contributed by atoms with E-state index >= 15 is 0 Å². The fourth-order valence-corrected chi connectivity index (χ4v) is 2.54. The van der Waals surface area contributed by atoms with Gasteiger partial charge in [-0.1, -0.05) is 20.3 Å². The fraction of sp³-hybridized carbons (Fsp3) is 0.923. The quantitative estimate of drug-likeness (QED) is 0.569. The van der Waals surface area contributed by atoms with Crippen molar-refractivity contribution in [3.8, 4) is 0 Å². The minimum Gasteiger partial charge on any atom is -0.383 e. The maximum absolute atomic E-state index is 5.85. The standard InChI is InChI=1S/C13H27N3O/c1-10(9-17-4)16-12(14)15-8-11-6-5-7-13(11,2)3/h10-11H,5-9H2,1-4H3,(H3,14,15,16). The highest BCUT2D eigenvalue weighted by molar-refractivity contribution is 5.78. The van der Waals surface area contributed by atoms with Crippen molar-refractivity contribution in [2.24, 2.45) is 22.1 Å². The molecule has 1 aliphatic rings. The molecule has 0 heterocycles. The van der Waals surface area contributed by atoms with E-state index in [1.165, 1.54) is 19.3 Å². The zero-order chi connectivity index (χ0) is 12.9. The Morgan fingerprint density at radius 1 is 1.59 bits per heavy atom. The Balaban J connectivity index is 2.37. The number of ether oxygens (including phenoxy) is 1. The van der Waals surface area contributed by atoms with Gasteiger partial charge in [-0.25, -0.2) is 0 Å². The largest absolute Gasteiger partial charge is 0.383 e. The van der Waals surface area contributed by atoms with Gasteiger partial charge in [-0.3, -0.25) is 4.99 Å². The highest BCUT2D eigenvalue weighted by Gasteiger charge is 2.33. The Bertz CT molecular complexity index is 263. The number of nitrogens with zero attached hydrogens (tertiary/aromatic N) is 1. The van der Waals surface area contributed by atoms with Crippen LogP contribution in [-0.2, 0) is 4.74 Å². The second-order valence-electron chi connectivity index (χ2n) is 5.80. The lowest BCUT2D eigenvalue weighted by Crippen LogP contribution is -2.41. The molecule has 0 radical (unpaired) electrons. The molecule has 0 aromatic rings. The third-order valence-corrected chi connectivity index (χ3v) is 3.77. The Morgan fingerprint density at radius 2 is 2.29 bits per heavy atom. The van der Waals surface area contributed by atoms with Crippen LogP contribution < -0.4 is 11.1 Å². The zero-order valence-electron chi connectivity index (χ0n) is 11.6. The third-order valence-electron chi connectivity index (χ3n) is 3.77. The van der Waals surface area contributed by atoms with E-state index in [2.05, 4.69) is 24.2 Å². The molecule has 2 unspecified atom stereocenters. The molecule has 4 heteroatoms. The molecule has 0 aromatic carbocycles. The second kappa shape index (κ2) is 6.24. The molecule has 0 bridgehead atoms. The van der Waals surface area contributed by atoms with Crippen molar-refractivity contribution in [2.45, 2.75) is 46.1 Å². The van der Waals surface area contributed by atoms with Crippen molar-refractivity contribution in [1.82, 2.24) is 5.32 Å². The Morgan fingerprint density at radius 3 is 2.82 bits per heavy atom. The van der Waals surface area contributed by atoms with Gasteiger partial charge < -0.3 is 15.8 Å². The summed E-state index contributed by atoms with van der Waals surface area (Å²) in [6.45, 7) is 8.18. The second-order valence-corrected chi connectivity index (χ2v) is 5.80. The van der Waals surface area contributed by atoms with Gasteiger partial charge in [0.1, 0.15) is 0 Å². The van der Waals surface area contributed by atoms with Crippen LogP contribution in [0, 0.1) is 11.3 Å². The molecule has 1 aliphatic carbocycles. The van der Waals surface area contributed by atoms with Crippen LogP contribution in [0.4, 0.5) is 0 Å². The van der Waals surface area contributed by atoms with Gasteiger partial charge in [-0.15, -0.1) is 0 Å². The molecule has 100 valence electrons. The van der Waals surface area contributed by atoms with E-state index in [0.717, 1.165) is 6.54 Å². The molecular weight excluding hydrogens is 214 g/mol. The van der Waals surface area contributed by atoms with Crippen LogP contribution in [0.3, 0.4) is 0 Å². The van der Waals surface area contributed by atoms with Crippen molar-refractivity contribution in [3.05, 3.63) is 0 Å². The molecule has 0 saturated heterocycles. The van der Waals surface area contributed by atoms with Crippen molar-refractivity contribution in [3.63, 3.8) is 0 Å². The molecule has 3 N–H and O–H groups in total. The Labute approximate surface area is 105 Å². The van der Waals surface area contributed by atoms with Crippen molar-refractivity contribution < 1.29 is 4.74 Å². The molecule has 0 amide bonds. The molecule has 17 heavy (non-hydrogen) atoms. The lowest BCUT2D eigenvalue weighted by molar-refractivity contribution is 0.179. The first-order valence-electron chi connectivity index (χ1n) is 6.51. The third kappa shape index (κ3) is 4.54. The van der Waals surface area contributed by atoms with Crippen LogP contribution >= 0.6 is 0 Å². The molecule has 1 rings (SSSR count). The number of hydrogen-bond acceptors (Lipinski definition) is 2. The normalized spacial score (nSPS) is 25.9. The maximum Gasteiger partial charge on any atom is 0.188 e. The number of guanidine groups is 1. The topological polar surface area (TPSA) is 59.6 Å². The fourth-order valence-electron chi connectivity index (χ4n) is 2.54. The van der Waals surface area contributed by atoms with Gasteiger partial charge in [0.25, 0.3) is 0 Å². The molecule has 1 saturated carbocycles. The van der Waals surface area contributed by atoms with Gasteiger partial charge in [0.2, 0.25) is 0 Å². The molecule has 0 spiro atoms. The molecule has 0 aliphatic heterocycles. The van der Waals surface area contributed by atoms with E-state index in [9.17, 15) is 0 Å². The summed E-state index contributed by atoms with van der Waals surface area (Å²) in [5.74, 6) is 1.21. The van der Waals surface area contributed by atoms with Crippen LogP contribution in [0.25, 0.3) is 0 Å². The first kappa shape index (κ1) is 14.3.